The number of nitrogens with one attached hydrogen (secondary N) is 1. The van der Waals surface area contributed by atoms with E-state index in [2.05, 4.69) is 24.3 Å². The fourth-order valence-electron chi connectivity index (χ4n) is 1.48. The van der Waals surface area contributed by atoms with Crippen LogP contribution in [0, 0.1) is 5.92 Å². The van der Waals surface area contributed by atoms with Crippen molar-refractivity contribution in [1.29, 1.82) is 0 Å². The van der Waals surface area contributed by atoms with Crippen LogP contribution < -0.4 is 5.32 Å². The molecule has 1 unspecified atom stereocenters. The van der Waals surface area contributed by atoms with E-state index in [1.165, 1.54) is 0 Å². The van der Waals surface area contributed by atoms with Gasteiger partial charge in [-0.3, -0.25) is 0 Å². The quantitative estimate of drug-likeness (QED) is 0.749. The first-order valence-corrected chi connectivity index (χ1v) is 5.35. The van der Waals surface area contributed by atoms with Crippen LogP contribution >= 0.6 is 0 Å². The van der Waals surface area contributed by atoms with Crippen LogP contribution in [0.5, 0.6) is 0 Å². The van der Waals surface area contributed by atoms with Gasteiger partial charge in [0.05, 0.1) is 5.69 Å². The molecule has 0 amide bonds. The van der Waals surface area contributed by atoms with Crippen molar-refractivity contribution < 1.29 is 9.26 Å². The second-order valence-corrected chi connectivity index (χ2v) is 4.00. The zero-order valence-electron chi connectivity index (χ0n) is 9.69. The minimum absolute atomic E-state index is 0.460. The molecule has 0 spiro atoms. The van der Waals surface area contributed by atoms with Gasteiger partial charge in [-0.25, -0.2) is 0 Å². The lowest BCUT2D eigenvalue weighted by molar-refractivity contribution is 0.173. The lowest BCUT2D eigenvalue weighted by Gasteiger charge is -2.21. The summed E-state index contributed by atoms with van der Waals surface area (Å²) in [4.78, 5) is 0. The molecule has 0 aliphatic rings. The van der Waals surface area contributed by atoms with E-state index < -0.39 is 0 Å². The van der Waals surface area contributed by atoms with Gasteiger partial charge >= 0.3 is 0 Å². The van der Waals surface area contributed by atoms with E-state index in [4.69, 9.17) is 9.26 Å². The highest BCUT2D eigenvalue weighted by molar-refractivity contribution is 4.94. The molecule has 4 nitrogen and oxygen atoms in total. The molecule has 0 aliphatic carbocycles. The van der Waals surface area contributed by atoms with Gasteiger partial charge in [-0.1, -0.05) is 19.0 Å². The standard InChI is InChI=1S/C11H20N2O2/c1-9(2)11(5-6-14-3)12-8-10-4-7-15-13-10/h4,7,9,11-12H,5-6,8H2,1-3H3. The van der Waals surface area contributed by atoms with Gasteiger partial charge in [0.2, 0.25) is 0 Å². The van der Waals surface area contributed by atoms with Crippen LogP contribution in [-0.4, -0.2) is 24.9 Å². The van der Waals surface area contributed by atoms with Crippen molar-refractivity contribution in [2.45, 2.75) is 32.9 Å². The molecule has 1 aromatic heterocycles. The molecule has 0 aliphatic heterocycles. The molecule has 86 valence electrons. The molecule has 0 fully saturated rings. The zero-order valence-corrected chi connectivity index (χ0v) is 9.69. The second kappa shape index (κ2) is 6.58. The van der Waals surface area contributed by atoms with Crippen molar-refractivity contribution in [3.05, 3.63) is 18.0 Å². The number of methoxy groups -OCH3 is 1. The largest absolute Gasteiger partial charge is 0.385 e. The molecule has 0 bridgehead atoms. The fraction of sp³-hybridized carbons (Fsp3) is 0.727. The monoisotopic (exact) mass is 212 g/mol. The summed E-state index contributed by atoms with van der Waals surface area (Å²) in [6, 6.07) is 2.34. The summed E-state index contributed by atoms with van der Waals surface area (Å²) >= 11 is 0. The lowest BCUT2D eigenvalue weighted by Crippen LogP contribution is -2.34. The summed E-state index contributed by atoms with van der Waals surface area (Å²) in [5, 5.41) is 7.31. The Morgan fingerprint density at radius 1 is 1.53 bits per heavy atom. The van der Waals surface area contributed by atoms with E-state index in [1.54, 1.807) is 13.4 Å². The molecule has 1 heterocycles. The minimum Gasteiger partial charge on any atom is -0.385 e. The summed E-state index contributed by atoms with van der Waals surface area (Å²) in [6.07, 6.45) is 2.61. The van der Waals surface area contributed by atoms with E-state index >= 15 is 0 Å². The Morgan fingerprint density at radius 3 is 2.87 bits per heavy atom. The number of aromatic nitrogens is 1. The first-order valence-electron chi connectivity index (χ1n) is 5.35. The highest BCUT2D eigenvalue weighted by Crippen LogP contribution is 2.07. The molecule has 0 saturated heterocycles. The Bertz CT molecular complexity index is 247. The number of nitrogens with zero attached hydrogens (tertiary/aromatic N) is 1. The molecule has 1 aromatic rings. The fourth-order valence-corrected chi connectivity index (χ4v) is 1.48. The Morgan fingerprint density at radius 2 is 2.33 bits per heavy atom. The Balaban J connectivity index is 2.31. The van der Waals surface area contributed by atoms with E-state index in [0.717, 1.165) is 25.3 Å². The third-order valence-electron chi connectivity index (χ3n) is 2.47. The van der Waals surface area contributed by atoms with Crippen molar-refractivity contribution in [2.24, 2.45) is 5.92 Å². The SMILES string of the molecule is COCCC(NCc1ccon1)C(C)C. The van der Waals surface area contributed by atoms with E-state index in [-0.39, 0.29) is 0 Å². The first-order chi connectivity index (χ1) is 7.24. The lowest BCUT2D eigenvalue weighted by atomic mass is 10.0. The minimum atomic E-state index is 0.460. The van der Waals surface area contributed by atoms with Crippen LogP contribution in [0.1, 0.15) is 26.0 Å². The summed E-state index contributed by atoms with van der Waals surface area (Å²) in [7, 11) is 1.73. The van der Waals surface area contributed by atoms with E-state index in [1.807, 2.05) is 6.07 Å². The predicted octanol–water partition coefficient (Wildman–Crippen LogP) is 1.83. The van der Waals surface area contributed by atoms with Gasteiger partial charge in [0, 0.05) is 32.4 Å². The highest BCUT2D eigenvalue weighted by atomic mass is 16.5. The second-order valence-electron chi connectivity index (χ2n) is 4.00. The maximum absolute atomic E-state index is 5.09. The molecule has 1 rings (SSSR count). The Hall–Kier alpha value is -0.870. The average Bonchev–Trinajstić information content (AvgIpc) is 2.70. The van der Waals surface area contributed by atoms with Gasteiger partial charge in [-0.2, -0.15) is 0 Å². The maximum atomic E-state index is 5.09. The molecule has 15 heavy (non-hydrogen) atoms. The normalized spacial score (nSPS) is 13.3. The molecule has 0 saturated carbocycles. The van der Waals surface area contributed by atoms with Gasteiger partial charge in [0.15, 0.2) is 0 Å². The van der Waals surface area contributed by atoms with Crippen LogP contribution in [0.25, 0.3) is 0 Å². The smallest absolute Gasteiger partial charge is 0.124 e. The Kier molecular flexibility index (Phi) is 5.36. The summed E-state index contributed by atoms with van der Waals surface area (Å²) in [5.41, 5.74) is 0.943. The number of rotatable bonds is 7. The molecule has 0 aromatic carbocycles. The average molecular weight is 212 g/mol. The van der Waals surface area contributed by atoms with Crippen LogP contribution in [0.15, 0.2) is 16.9 Å². The first kappa shape index (κ1) is 12.2. The molecular weight excluding hydrogens is 192 g/mol. The van der Waals surface area contributed by atoms with Gasteiger partial charge in [-0.15, -0.1) is 0 Å². The molecule has 4 heteroatoms. The number of hydrogen-bond acceptors (Lipinski definition) is 4. The van der Waals surface area contributed by atoms with Crippen LogP contribution in [0.3, 0.4) is 0 Å². The van der Waals surface area contributed by atoms with Crippen molar-refractivity contribution in [3.63, 3.8) is 0 Å². The number of ether oxygens (including phenoxy) is 1. The van der Waals surface area contributed by atoms with Crippen LogP contribution in [-0.2, 0) is 11.3 Å². The Labute approximate surface area is 91.0 Å². The predicted molar refractivity (Wildman–Crippen MR) is 58.5 cm³/mol. The third kappa shape index (κ3) is 4.44. The molecule has 0 radical (unpaired) electrons. The van der Waals surface area contributed by atoms with Gasteiger partial charge in [0.1, 0.15) is 6.26 Å². The topological polar surface area (TPSA) is 47.3 Å². The summed E-state index contributed by atoms with van der Waals surface area (Å²) < 4.78 is 9.86. The maximum Gasteiger partial charge on any atom is 0.124 e. The third-order valence-corrected chi connectivity index (χ3v) is 2.47. The van der Waals surface area contributed by atoms with Crippen LogP contribution in [0.4, 0.5) is 0 Å². The molecular formula is C11H20N2O2. The highest BCUT2D eigenvalue weighted by Gasteiger charge is 2.12. The van der Waals surface area contributed by atoms with E-state index in [9.17, 15) is 0 Å². The van der Waals surface area contributed by atoms with E-state index in [0.29, 0.717) is 12.0 Å². The van der Waals surface area contributed by atoms with Crippen molar-refractivity contribution in [3.8, 4) is 0 Å². The van der Waals surface area contributed by atoms with Gasteiger partial charge in [-0.05, 0) is 12.3 Å². The van der Waals surface area contributed by atoms with Crippen molar-refractivity contribution in [1.82, 2.24) is 10.5 Å². The summed E-state index contributed by atoms with van der Waals surface area (Å²) in [5.74, 6) is 0.590. The van der Waals surface area contributed by atoms with Crippen molar-refractivity contribution in [2.75, 3.05) is 13.7 Å². The van der Waals surface area contributed by atoms with Gasteiger partial charge in [0.25, 0.3) is 0 Å². The molecule has 1 N–H and O–H groups in total. The number of hydrogen-bond donors (Lipinski definition) is 1. The zero-order chi connectivity index (χ0) is 11.1. The summed E-state index contributed by atoms with van der Waals surface area (Å²) in [6.45, 7) is 5.95. The van der Waals surface area contributed by atoms with Gasteiger partial charge < -0.3 is 14.6 Å². The van der Waals surface area contributed by atoms with Crippen LogP contribution in [0.2, 0.25) is 0 Å². The van der Waals surface area contributed by atoms with Crippen molar-refractivity contribution >= 4 is 0 Å². The molecule has 1 atom stereocenters.